The Morgan fingerprint density at radius 2 is 1.80 bits per heavy atom. The van der Waals surface area contributed by atoms with E-state index in [1.165, 1.54) is 11.1 Å². The molecule has 35 heavy (non-hydrogen) atoms. The van der Waals surface area contributed by atoms with Gasteiger partial charge in [0.2, 0.25) is 5.91 Å². The van der Waals surface area contributed by atoms with Crippen molar-refractivity contribution in [1.29, 1.82) is 0 Å². The van der Waals surface area contributed by atoms with Crippen LogP contribution >= 0.6 is 0 Å². The lowest BCUT2D eigenvalue weighted by atomic mass is 9.88. The molecule has 1 aliphatic carbocycles. The molecule has 3 aliphatic rings. The Kier molecular flexibility index (Phi) is 5.46. The van der Waals surface area contributed by atoms with Gasteiger partial charge in [-0.15, -0.1) is 0 Å². The Morgan fingerprint density at radius 3 is 2.46 bits per heavy atom. The van der Waals surface area contributed by atoms with Gasteiger partial charge < -0.3 is 19.7 Å². The minimum absolute atomic E-state index is 0.0182. The van der Waals surface area contributed by atoms with Crippen LogP contribution in [0.3, 0.4) is 0 Å². The molecule has 6 rings (SSSR count). The van der Waals surface area contributed by atoms with E-state index in [1.54, 1.807) is 11.7 Å². The highest BCUT2D eigenvalue weighted by Crippen LogP contribution is 2.43. The maximum absolute atomic E-state index is 13.4. The Bertz CT molecular complexity index is 1310. The molecule has 1 amide bonds. The smallest absolute Gasteiger partial charge is 0.258 e. The Hall–Kier alpha value is -3.42. The van der Waals surface area contributed by atoms with Gasteiger partial charge in [-0.05, 0) is 53.8 Å². The molecule has 7 nitrogen and oxygen atoms in total. The molecule has 2 aliphatic heterocycles. The van der Waals surface area contributed by atoms with Gasteiger partial charge in [0.25, 0.3) is 5.56 Å². The second-order valence-corrected chi connectivity index (χ2v) is 9.83. The summed E-state index contributed by atoms with van der Waals surface area (Å²) in [6.45, 7) is 0.380. The van der Waals surface area contributed by atoms with Gasteiger partial charge in [0.15, 0.2) is 0 Å². The molecule has 0 radical (unpaired) electrons. The number of carbonyl (C=O) groups is 1. The molecule has 4 atom stereocenters. The zero-order chi connectivity index (χ0) is 24.1. The van der Waals surface area contributed by atoms with E-state index in [2.05, 4.69) is 22.8 Å². The first kappa shape index (κ1) is 22.1. The van der Waals surface area contributed by atoms with Gasteiger partial charge in [-0.25, -0.2) is 0 Å². The molecule has 0 bridgehead atoms. The number of hydrogen-bond donors (Lipinski definition) is 3. The number of ether oxygens (including phenoxy) is 1. The Balaban J connectivity index is 1.21. The molecule has 1 fully saturated rings. The molecular formula is C28H29N3O4. The molecule has 7 heteroatoms. The van der Waals surface area contributed by atoms with Crippen molar-refractivity contribution in [2.45, 2.75) is 37.5 Å². The predicted octanol–water partition coefficient (Wildman–Crippen LogP) is 2.06. The van der Waals surface area contributed by atoms with Crippen LogP contribution in [0.4, 0.5) is 0 Å². The summed E-state index contributed by atoms with van der Waals surface area (Å²) < 4.78 is 7.02. The summed E-state index contributed by atoms with van der Waals surface area (Å²) in [5.41, 5.74) is 4.86. The van der Waals surface area contributed by atoms with Crippen LogP contribution in [-0.4, -0.2) is 41.4 Å². The topological polar surface area (TPSA) is 92.6 Å². The van der Waals surface area contributed by atoms with Crippen LogP contribution < -0.4 is 20.9 Å². The maximum Gasteiger partial charge on any atom is 0.258 e. The van der Waals surface area contributed by atoms with Gasteiger partial charge in [0, 0.05) is 42.3 Å². The number of rotatable bonds is 5. The molecule has 0 unspecified atom stereocenters. The van der Waals surface area contributed by atoms with E-state index in [1.807, 2.05) is 48.5 Å². The molecule has 3 heterocycles. The molecule has 3 N–H and O–H groups in total. The lowest BCUT2D eigenvalue weighted by molar-refractivity contribution is -0.125. The standard InChI is InChI=1S/C28H29N3O4/c1-35-20-8-6-16(7-9-20)21-10-11-24-25-22(14-31(24)28(21)34)23(15-32)26(30-25)27(33)29-19-12-17-4-2-3-5-18(17)13-19/h2-11,19,22-23,25-26,30,32H,12-15H2,1H3,(H,29,33)/t22-,23-,25+,26-/m0/s1. The molecule has 1 aromatic heterocycles. The summed E-state index contributed by atoms with van der Waals surface area (Å²) in [4.78, 5) is 26.6. The van der Waals surface area contributed by atoms with Crippen molar-refractivity contribution in [3.63, 3.8) is 0 Å². The highest BCUT2D eigenvalue weighted by Gasteiger charge is 2.50. The average molecular weight is 472 g/mol. The lowest BCUT2D eigenvalue weighted by Gasteiger charge is -2.23. The fourth-order valence-corrected chi connectivity index (χ4v) is 6.20. The number of benzene rings is 2. The molecule has 0 saturated carbocycles. The summed E-state index contributed by atoms with van der Waals surface area (Å²) in [5.74, 6) is 0.396. The zero-order valence-electron chi connectivity index (χ0n) is 19.6. The number of hydrogen-bond acceptors (Lipinski definition) is 5. The molecule has 1 saturated heterocycles. The van der Waals surface area contributed by atoms with E-state index in [-0.39, 0.29) is 42.0 Å². The van der Waals surface area contributed by atoms with Gasteiger partial charge in [0.05, 0.1) is 19.2 Å². The molecule has 180 valence electrons. The highest BCUT2D eigenvalue weighted by molar-refractivity contribution is 5.83. The zero-order valence-corrected chi connectivity index (χ0v) is 19.6. The van der Waals surface area contributed by atoms with Crippen molar-refractivity contribution < 1.29 is 14.6 Å². The van der Waals surface area contributed by atoms with Crippen LogP contribution in [0.1, 0.15) is 22.9 Å². The molecule has 3 aromatic rings. The van der Waals surface area contributed by atoms with Crippen LogP contribution in [0.15, 0.2) is 65.5 Å². The Labute approximate surface area is 203 Å². The monoisotopic (exact) mass is 471 g/mol. The first-order valence-corrected chi connectivity index (χ1v) is 12.2. The molecule has 0 spiro atoms. The maximum atomic E-state index is 13.4. The third kappa shape index (κ3) is 3.66. The van der Waals surface area contributed by atoms with Crippen LogP contribution in [0.25, 0.3) is 11.1 Å². The number of nitrogens with one attached hydrogen (secondary N) is 2. The van der Waals surface area contributed by atoms with Crippen LogP contribution in [-0.2, 0) is 24.2 Å². The van der Waals surface area contributed by atoms with E-state index < -0.39 is 6.04 Å². The predicted molar refractivity (Wildman–Crippen MR) is 132 cm³/mol. The normalized spacial score (nSPS) is 24.6. The minimum Gasteiger partial charge on any atom is -0.497 e. The number of aromatic nitrogens is 1. The number of methoxy groups -OCH3 is 1. The second kappa shape index (κ2) is 8.66. The van der Waals surface area contributed by atoms with Gasteiger partial charge in [-0.2, -0.15) is 0 Å². The first-order chi connectivity index (χ1) is 17.1. The van der Waals surface area contributed by atoms with E-state index in [9.17, 15) is 14.7 Å². The van der Waals surface area contributed by atoms with Crippen LogP contribution in [0.2, 0.25) is 0 Å². The number of carbonyl (C=O) groups excluding carboxylic acids is 1. The number of nitrogens with zero attached hydrogens (tertiary/aromatic N) is 1. The van der Waals surface area contributed by atoms with Crippen molar-refractivity contribution in [2.75, 3.05) is 13.7 Å². The third-order valence-electron chi connectivity index (χ3n) is 7.98. The van der Waals surface area contributed by atoms with E-state index in [0.717, 1.165) is 29.8 Å². The first-order valence-electron chi connectivity index (χ1n) is 12.2. The summed E-state index contributed by atoms with van der Waals surface area (Å²) in [7, 11) is 1.61. The summed E-state index contributed by atoms with van der Waals surface area (Å²) in [5, 5.41) is 16.9. The van der Waals surface area contributed by atoms with Gasteiger partial charge in [0.1, 0.15) is 5.75 Å². The van der Waals surface area contributed by atoms with Gasteiger partial charge in [-0.3, -0.25) is 14.9 Å². The van der Waals surface area contributed by atoms with E-state index >= 15 is 0 Å². The van der Waals surface area contributed by atoms with Crippen LogP contribution in [0, 0.1) is 11.8 Å². The van der Waals surface area contributed by atoms with Crippen molar-refractivity contribution in [2.24, 2.45) is 11.8 Å². The van der Waals surface area contributed by atoms with E-state index in [4.69, 9.17) is 4.74 Å². The number of aliphatic hydroxyl groups is 1. The number of amides is 1. The molecular weight excluding hydrogens is 442 g/mol. The number of pyridine rings is 1. The van der Waals surface area contributed by atoms with E-state index in [0.29, 0.717) is 12.1 Å². The third-order valence-corrected chi connectivity index (χ3v) is 7.98. The fourth-order valence-electron chi connectivity index (χ4n) is 6.20. The number of aliphatic hydroxyl groups excluding tert-OH is 1. The van der Waals surface area contributed by atoms with Crippen molar-refractivity contribution in [1.82, 2.24) is 15.2 Å². The fraction of sp³-hybridized carbons (Fsp3) is 0.357. The summed E-state index contributed by atoms with van der Waals surface area (Å²) in [6, 6.07) is 19.0. The molecule has 2 aromatic carbocycles. The summed E-state index contributed by atoms with van der Waals surface area (Å²) in [6.07, 6.45) is 1.66. The lowest BCUT2D eigenvalue weighted by Crippen LogP contribution is -2.49. The summed E-state index contributed by atoms with van der Waals surface area (Å²) >= 11 is 0. The second-order valence-electron chi connectivity index (χ2n) is 9.83. The Morgan fingerprint density at radius 1 is 1.09 bits per heavy atom. The van der Waals surface area contributed by atoms with Gasteiger partial charge >= 0.3 is 0 Å². The highest BCUT2D eigenvalue weighted by atomic mass is 16.5. The van der Waals surface area contributed by atoms with Crippen molar-refractivity contribution >= 4 is 5.91 Å². The largest absolute Gasteiger partial charge is 0.497 e. The minimum atomic E-state index is -0.483. The van der Waals surface area contributed by atoms with Crippen molar-refractivity contribution in [3.05, 3.63) is 87.8 Å². The van der Waals surface area contributed by atoms with Crippen LogP contribution in [0.5, 0.6) is 5.75 Å². The SMILES string of the molecule is COc1ccc(-c2ccc3n(c2=O)C[C@H]2[C@H](CO)[C@@H](C(=O)NC4Cc5ccccc5C4)N[C@@H]32)cc1. The average Bonchev–Trinajstić information content (AvgIpc) is 3.55. The van der Waals surface area contributed by atoms with Crippen molar-refractivity contribution in [3.8, 4) is 16.9 Å². The quantitative estimate of drug-likeness (QED) is 0.530. The van der Waals surface area contributed by atoms with Gasteiger partial charge in [-0.1, -0.05) is 36.4 Å². The number of fused-ring (bicyclic) bond motifs is 4.